The van der Waals surface area contributed by atoms with Crippen molar-refractivity contribution in [3.63, 3.8) is 0 Å². The summed E-state index contributed by atoms with van der Waals surface area (Å²) < 4.78 is 10.8. The van der Waals surface area contributed by atoms with Gasteiger partial charge in [-0.1, -0.05) is 30.3 Å². The van der Waals surface area contributed by atoms with E-state index in [2.05, 4.69) is 5.32 Å². The molecule has 4 rings (SSSR count). The zero-order valence-corrected chi connectivity index (χ0v) is 14.2. The van der Waals surface area contributed by atoms with Gasteiger partial charge in [0.15, 0.2) is 5.78 Å². The highest BCUT2D eigenvalue weighted by Crippen LogP contribution is 2.40. The molecule has 0 amide bonds. The lowest BCUT2D eigenvalue weighted by molar-refractivity contribution is 0.0973. The number of ether oxygens (including phenoxy) is 2. The van der Waals surface area contributed by atoms with E-state index >= 15 is 0 Å². The van der Waals surface area contributed by atoms with Crippen molar-refractivity contribution in [3.8, 4) is 11.5 Å². The van der Waals surface area contributed by atoms with Crippen molar-refractivity contribution in [1.82, 2.24) is 0 Å². The number of hydrogen-bond donors (Lipinski definition) is 1. The normalized spacial score (nSPS) is 16.2. The van der Waals surface area contributed by atoms with Crippen LogP contribution < -0.4 is 14.8 Å². The Morgan fingerprint density at radius 1 is 1.00 bits per heavy atom. The van der Waals surface area contributed by atoms with Gasteiger partial charge >= 0.3 is 0 Å². The van der Waals surface area contributed by atoms with Crippen LogP contribution in [-0.4, -0.2) is 20.0 Å². The zero-order valence-electron chi connectivity index (χ0n) is 14.2. The van der Waals surface area contributed by atoms with Crippen LogP contribution in [-0.2, 0) is 0 Å². The van der Waals surface area contributed by atoms with Crippen molar-refractivity contribution in [2.75, 3.05) is 19.5 Å². The third-order valence-corrected chi connectivity index (χ3v) is 4.74. The Bertz CT molecular complexity index is 965. The summed E-state index contributed by atoms with van der Waals surface area (Å²) in [6.45, 7) is 0. The van der Waals surface area contributed by atoms with E-state index in [-0.39, 0.29) is 11.8 Å². The Labute approximate surface area is 146 Å². The van der Waals surface area contributed by atoms with Gasteiger partial charge in [0.25, 0.3) is 0 Å². The number of carbonyl (C=O) groups is 1. The van der Waals surface area contributed by atoms with Gasteiger partial charge in [-0.15, -0.1) is 0 Å². The van der Waals surface area contributed by atoms with E-state index in [9.17, 15) is 4.79 Å². The van der Waals surface area contributed by atoms with Crippen LogP contribution in [0.2, 0.25) is 0 Å². The van der Waals surface area contributed by atoms with Crippen molar-refractivity contribution in [1.29, 1.82) is 0 Å². The maximum Gasteiger partial charge on any atom is 0.167 e. The molecule has 1 aliphatic heterocycles. The van der Waals surface area contributed by atoms with Crippen molar-refractivity contribution in [2.45, 2.75) is 12.5 Å². The number of carbonyl (C=O) groups excluding carboxylic acids is 1. The maximum absolute atomic E-state index is 12.9. The van der Waals surface area contributed by atoms with Gasteiger partial charge in [-0.3, -0.25) is 4.79 Å². The van der Waals surface area contributed by atoms with Gasteiger partial charge in [0.05, 0.1) is 20.3 Å². The third-order valence-electron chi connectivity index (χ3n) is 4.74. The molecule has 25 heavy (non-hydrogen) atoms. The molecular formula is C21H19NO3. The summed E-state index contributed by atoms with van der Waals surface area (Å²) in [5.41, 5.74) is 2.56. The molecule has 0 spiro atoms. The average molecular weight is 333 g/mol. The molecule has 3 aromatic carbocycles. The predicted molar refractivity (Wildman–Crippen MR) is 98.8 cm³/mol. The monoisotopic (exact) mass is 333 g/mol. The van der Waals surface area contributed by atoms with Gasteiger partial charge in [0.1, 0.15) is 11.5 Å². The largest absolute Gasteiger partial charge is 0.497 e. The molecule has 0 aromatic heterocycles. The molecule has 1 heterocycles. The summed E-state index contributed by atoms with van der Waals surface area (Å²) >= 11 is 0. The summed E-state index contributed by atoms with van der Waals surface area (Å²) in [7, 11) is 3.27. The number of anilines is 1. The summed E-state index contributed by atoms with van der Waals surface area (Å²) in [6, 6.07) is 17.5. The molecule has 1 N–H and O–H groups in total. The summed E-state index contributed by atoms with van der Waals surface area (Å²) in [4.78, 5) is 12.9. The van der Waals surface area contributed by atoms with Crippen LogP contribution in [0, 0.1) is 0 Å². The molecule has 0 unspecified atom stereocenters. The number of fused-ring (bicyclic) bond motifs is 3. The highest BCUT2D eigenvalue weighted by Gasteiger charge is 2.29. The number of hydrogen-bond acceptors (Lipinski definition) is 4. The third kappa shape index (κ3) is 2.60. The zero-order chi connectivity index (χ0) is 17.4. The first-order valence-electron chi connectivity index (χ1n) is 8.24. The number of methoxy groups -OCH3 is 2. The first-order chi connectivity index (χ1) is 12.2. The highest BCUT2D eigenvalue weighted by atomic mass is 16.5. The minimum Gasteiger partial charge on any atom is -0.497 e. The summed E-state index contributed by atoms with van der Waals surface area (Å²) in [5.74, 6) is 1.63. The van der Waals surface area contributed by atoms with Crippen molar-refractivity contribution >= 4 is 22.2 Å². The average Bonchev–Trinajstić information content (AvgIpc) is 2.66. The van der Waals surface area contributed by atoms with Gasteiger partial charge in [-0.05, 0) is 35.0 Å². The van der Waals surface area contributed by atoms with E-state index in [0.29, 0.717) is 6.42 Å². The Kier molecular flexibility index (Phi) is 3.80. The van der Waals surface area contributed by atoms with E-state index < -0.39 is 0 Å². The Morgan fingerprint density at radius 3 is 2.64 bits per heavy atom. The Balaban J connectivity index is 1.80. The molecule has 0 bridgehead atoms. The second kappa shape index (κ2) is 6.13. The van der Waals surface area contributed by atoms with Crippen LogP contribution in [0.4, 0.5) is 5.69 Å². The lowest BCUT2D eigenvalue weighted by atomic mass is 9.89. The van der Waals surface area contributed by atoms with E-state index in [4.69, 9.17) is 9.47 Å². The van der Waals surface area contributed by atoms with E-state index in [1.54, 1.807) is 14.2 Å². The van der Waals surface area contributed by atoms with Gasteiger partial charge in [-0.2, -0.15) is 0 Å². The van der Waals surface area contributed by atoms with Gasteiger partial charge in [0, 0.05) is 23.2 Å². The fraction of sp³-hybridized carbons (Fsp3) is 0.190. The lowest BCUT2D eigenvalue weighted by Gasteiger charge is -2.28. The Hall–Kier alpha value is -3.01. The fourth-order valence-electron chi connectivity index (χ4n) is 3.52. The van der Waals surface area contributed by atoms with Crippen molar-refractivity contribution in [3.05, 3.63) is 65.7 Å². The number of ketones is 1. The first kappa shape index (κ1) is 15.5. The number of Topliss-reactive ketones (excluding diaryl/α,β-unsaturated/α-hetero) is 1. The molecule has 0 saturated carbocycles. The smallest absolute Gasteiger partial charge is 0.167 e. The molecule has 3 aromatic rings. The van der Waals surface area contributed by atoms with Crippen LogP contribution in [0.1, 0.15) is 28.4 Å². The fourth-order valence-corrected chi connectivity index (χ4v) is 3.52. The first-order valence-corrected chi connectivity index (χ1v) is 8.24. The van der Waals surface area contributed by atoms with Gasteiger partial charge in [-0.25, -0.2) is 0 Å². The molecule has 0 radical (unpaired) electrons. The van der Waals surface area contributed by atoms with Gasteiger partial charge in [0.2, 0.25) is 0 Å². The minimum absolute atomic E-state index is 0.139. The van der Waals surface area contributed by atoms with Crippen molar-refractivity contribution in [2.24, 2.45) is 0 Å². The van der Waals surface area contributed by atoms with Crippen LogP contribution in [0.5, 0.6) is 11.5 Å². The minimum atomic E-state index is -0.147. The van der Waals surface area contributed by atoms with E-state index in [0.717, 1.165) is 39.1 Å². The Morgan fingerprint density at radius 2 is 1.84 bits per heavy atom. The van der Waals surface area contributed by atoms with Gasteiger partial charge < -0.3 is 14.8 Å². The quantitative estimate of drug-likeness (QED) is 0.761. The topological polar surface area (TPSA) is 47.6 Å². The number of rotatable bonds is 3. The van der Waals surface area contributed by atoms with Crippen LogP contribution >= 0.6 is 0 Å². The second-order valence-corrected chi connectivity index (χ2v) is 6.14. The van der Waals surface area contributed by atoms with E-state index in [1.807, 2.05) is 54.6 Å². The molecule has 0 fully saturated rings. The number of nitrogens with one attached hydrogen (secondary N) is 1. The molecule has 4 nitrogen and oxygen atoms in total. The molecule has 0 saturated heterocycles. The molecule has 1 atom stereocenters. The number of benzene rings is 3. The molecule has 4 heteroatoms. The molecule has 126 valence electrons. The lowest BCUT2D eigenvalue weighted by Crippen LogP contribution is -2.23. The SMILES string of the molecule is COc1ccc(OC)c([C@H]2CC(=O)c3c(ccc4ccccc34)N2)c1. The highest BCUT2D eigenvalue weighted by molar-refractivity contribution is 6.14. The van der Waals surface area contributed by atoms with Crippen LogP contribution in [0.15, 0.2) is 54.6 Å². The van der Waals surface area contributed by atoms with E-state index in [1.165, 1.54) is 0 Å². The second-order valence-electron chi connectivity index (χ2n) is 6.14. The molecule has 0 aliphatic carbocycles. The molecular weight excluding hydrogens is 314 g/mol. The summed E-state index contributed by atoms with van der Waals surface area (Å²) in [6.07, 6.45) is 0.379. The standard InChI is InChI=1S/C21H19NO3/c1-24-14-8-10-20(25-2)16(11-14)18-12-19(23)21-15-6-4-3-5-13(15)7-9-17(21)22-18/h3-11,18,22H,12H2,1-2H3/t18-/m1/s1. The van der Waals surface area contributed by atoms with Crippen molar-refractivity contribution < 1.29 is 14.3 Å². The molecule has 1 aliphatic rings. The predicted octanol–water partition coefficient (Wildman–Crippen LogP) is 4.60. The maximum atomic E-state index is 12.9. The van der Waals surface area contributed by atoms with Crippen LogP contribution in [0.3, 0.4) is 0 Å². The van der Waals surface area contributed by atoms with Crippen LogP contribution in [0.25, 0.3) is 10.8 Å². The summed E-state index contributed by atoms with van der Waals surface area (Å²) in [5, 5.41) is 5.58.